The average Bonchev–Trinajstić information content (AvgIpc) is 1.80. The third kappa shape index (κ3) is 3.40. The van der Waals surface area contributed by atoms with Crippen molar-refractivity contribution in [3.05, 3.63) is 0 Å². The third-order valence-electron chi connectivity index (χ3n) is 2.16. The van der Waals surface area contributed by atoms with E-state index in [0.717, 1.165) is 0 Å². The zero-order chi connectivity index (χ0) is 11.8. The van der Waals surface area contributed by atoms with Gasteiger partial charge >= 0.3 is 0 Å². The van der Waals surface area contributed by atoms with Crippen molar-refractivity contribution in [1.82, 2.24) is 0 Å². The van der Waals surface area contributed by atoms with Gasteiger partial charge in [0.25, 0.3) is 0 Å². The van der Waals surface area contributed by atoms with Gasteiger partial charge in [-0.2, -0.15) is 0 Å². The molecule has 0 saturated carbocycles. The molecule has 0 amide bonds. The number of Topliss-reactive ketones (excluding diaryl/α,β-unsaturated/α-hetero) is 1. The third-order valence-corrected chi connectivity index (χ3v) is 4.81. The van der Waals surface area contributed by atoms with Crippen LogP contribution >= 0.6 is 0 Å². The molecule has 4 heteroatoms. The van der Waals surface area contributed by atoms with E-state index in [1.165, 1.54) is 0 Å². The summed E-state index contributed by atoms with van der Waals surface area (Å²) in [6, 6.07) is 0. The fraction of sp³-hybridized carbons (Fsp3) is 0.900. The Morgan fingerprint density at radius 1 is 1.14 bits per heavy atom. The molecule has 0 aliphatic carbocycles. The first-order chi connectivity index (χ1) is 5.88. The molecule has 0 spiro atoms. The lowest BCUT2D eigenvalue weighted by atomic mass is 9.92. The number of hydrogen-bond donors (Lipinski definition) is 1. The van der Waals surface area contributed by atoms with Crippen LogP contribution in [0.4, 0.5) is 0 Å². The lowest BCUT2D eigenvalue weighted by molar-refractivity contribution is -0.123. The van der Waals surface area contributed by atoms with Gasteiger partial charge in [0.2, 0.25) is 0 Å². The molecule has 1 unspecified atom stereocenters. The van der Waals surface area contributed by atoms with E-state index in [1.807, 2.05) is 0 Å². The zero-order valence-corrected chi connectivity index (χ0v) is 10.7. The summed E-state index contributed by atoms with van der Waals surface area (Å²) in [7, 11) is -2.83. The first-order valence-corrected chi connectivity index (χ1v) is 6.40. The van der Waals surface area contributed by atoms with Gasteiger partial charge in [-0.1, -0.05) is 20.8 Å². The van der Waals surface area contributed by atoms with Gasteiger partial charge in [-0.3, -0.25) is 9.57 Å². The number of ketones is 1. The Bertz CT molecular complexity index is 315. The fourth-order valence-electron chi connectivity index (χ4n) is 0.618. The minimum atomic E-state index is -2.83. The molecule has 0 aromatic rings. The highest BCUT2D eigenvalue weighted by molar-refractivity contribution is 7.94. The van der Waals surface area contributed by atoms with Crippen molar-refractivity contribution in [2.45, 2.75) is 46.3 Å². The second kappa shape index (κ2) is 3.65. The fourth-order valence-corrected chi connectivity index (χ4v) is 1.85. The summed E-state index contributed by atoms with van der Waals surface area (Å²) in [6.45, 7) is 10.6. The van der Waals surface area contributed by atoms with Gasteiger partial charge in [0, 0.05) is 10.2 Å². The summed E-state index contributed by atoms with van der Waals surface area (Å²) in [5.74, 6) is -0.243. The highest BCUT2D eigenvalue weighted by Gasteiger charge is 2.31. The van der Waals surface area contributed by atoms with Crippen LogP contribution in [0.25, 0.3) is 0 Å². The van der Waals surface area contributed by atoms with Crippen molar-refractivity contribution >= 4 is 15.5 Å². The lowest BCUT2D eigenvalue weighted by Gasteiger charge is -2.25. The number of hydrogen-bond acceptors (Lipinski definition) is 3. The number of carbonyl (C=O) groups excluding carboxylic acids is 1. The molecule has 0 radical (unpaired) electrons. The van der Waals surface area contributed by atoms with Crippen molar-refractivity contribution in [2.24, 2.45) is 5.41 Å². The van der Waals surface area contributed by atoms with E-state index in [9.17, 15) is 9.00 Å². The number of carbonyl (C=O) groups is 1. The molecule has 0 aliphatic rings. The Morgan fingerprint density at radius 3 is 1.71 bits per heavy atom. The smallest absolute Gasteiger partial charge is 0.151 e. The van der Waals surface area contributed by atoms with Gasteiger partial charge in [0.1, 0.15) is 0 Å². The standard InChI is InChI=1S/C10H21NO2S/c1-9(2,3)8(12)7-14(11,13)10(4,5)6/h11H,7H2,1-6H3. The molecule has 0 rings (SSSR count). The summed E-state index contributed by atoms with van der Waals surface area (Å²) in [5.41, 5.74) is -0.505. The molecule has 0 aromatic heterocycles. The maximum atomic E-state index is 11.9. The number of rotatable bonds is 2. The van der Waals surface area contributed by atoms with Gasteiger partial charge in [0.15, 0.2) is 5.78 Å². The minimum absolute atomic E-state index is 0.104. The molecular weight excluding hydrogens is 198 g/mol. The molecule has 0 aromatic carbocycles. The van der Waals surface area contributed by atoms with Crippen molar-refractivity contribution in [1.29, 1.82) is 4.78 Å². The summed E-state index contributed by atoms with van der Waals surface area (Å²) < 4.78 is 19.0. The van der Waals surface area contributed by atoms with E-state index in [4.69, 9.17) is 4.78 Å². The first kappa shape index (κ1) is 13.6. The number of nitrogens with one attached hydrogen (secondary N) is 1. The molecule has 84 valence electrons. The van der Waals surface area contributed by atoms with Crippen LogP contribution in [0.15, 0.2) is 0 Å². The molecule has 14 heavy (non-hydrogen) atoms. The maximum Gasteiger partial charge on any atom is 0.151 e. The average molecular weight is 219 g/mol. The molecule has 0 aliphatic heterocycles. The molecule has 1 atom stereocenters. The summed E-state index contributed by atoms with van der Waals surface area (Å²) in [6.07, 6.45) is 0. The first-order valence-electron chi connectivity index (χ1n) is 4.67. The van der Waals surface area contributed by atoms with Crippen LogP contribution in [-0.2, 0) is 14.5 Å². The van der Waals surface area contributed by atoms with Gasteiger partial charge in [-0.15, -0.1) is 0 Å². The Morgan fingerprint density at radius 2 is 1.50 bits per heavy atom. The van der Waals surface area contributed by atoms with Crippen LogP contribution in [0.3, 0.4) is 0 Å². The minimum Gasteiger partial charge on any atom is -0.298 e. The molecule has 3 nitrogen and oxygen atoms in total. The summed E-state index contributed by atoms with van der Waals surface area (Å²) in [4.78, 5) is 11.6. The Kier molecular flexibility index (Phi) is 3.55. The maximum absolute atomic E-state index is 11.9. The molecular formula is C10H21NO2S. The molecule has 0 bridgehead atoms. The second-order valence-corrected chi connectivity index (χ2v) is 8.47. The van der Waals surface area contributed by atoms with Crippen LogP contribution in [-0.4, -0.2) is 20.5 Å². The normalized spacial score (nSPS) is 17.6. The van der Waals surface area contributed by atoms with E-state index in [1.54, 1.807) is 41.5 Å². The SMILES string of the molecule is CC(C)(C)C(=O)CS(=N)(=O)C(C)(C)C. The van der Waals surface area contributed by atoms with Crippen LogP contribution in [0.5, 0.6) is 0 Å². The van der Waals surface area contributed by atoms with Gasteiger partial charge in [-0.05, 0) is 20.8 Å². The van der Waals surface area contributed by atoms with Crippen LogP contribution in [0.2, 0.25) is 0 Å². The van der Waals surface area contributed by atoms with Gasteiger partial charge in [-0.25, -0.2) is 4.21 Å². The van der Waals surface area contributed by atoms with Gasteiger partial charge in [0.05, 0.1) is 15.5 Å². The van der Waals surface area contributed by atoms with Crippen molar-refractivity contribution < 1.29 is 9.00 Å². The van der Waals surface area contributed by atoms with Crippen LogP contribution < -0.4 is 0 Å². The zero-order valence-electron chi connectivity index (χ0n) is 9.93. The van der Waals surface area contributed by atoms with E-state index in [2.05, 4.69) is 0 Å². The topological polar surface area (TPSA) is 58.0 Å². The van der Waals surface area contributed by atoms with Crippen LogP contribution in [0, 0.1) is 10.2 Å². The van der Waals surface area contributed by atoms with E-state index < -0.39 is 19.9 Å². The van der Waals surface area contributed by atoms with Crippen molar-refractivity contribution in [3.8, 4) is 0 Å². The molecule has 0 fully saturated rings. The summed E-state index contributed by atoms with van der Waals surface area (Å²) >= 11 is 0. The van der Waals surface area contributed by atoms with Crippen molar-refractivity contribution in [3.63, 3.8) is 0 Å². The molecule has 1 N–H and O–H groups in total. The van der Waals surface area contributed by atoms with E-state index in [0.29, 0.717) is 0 Å². The Labute approximate surface area is 87.3 Å². The highest BCUT2D eigenvalue weighted by atomic mass is 32.2. The van der Waals surface area contributed by atoms with E-state index in [-0.39, 0.29) is 11.5 Å². The largest absolute Gasteiger partial charge is 0.298 e. The molecule has 0 heterocycles. The monoisotopic (exact) mass is 219 g/mol. The predicted molar refractivity (Wildman–Crippen MR) is 59.9 cm³/mol. The highest BCUT2D eigenvalue weighted by Crippen LogP contribution is 2.22. The van der Waals surface area contributed by atoms with E-state index >= 15 is 0 Å². The Hall–Kier alpha value is -0.380. The second-order valence-electron chi connectivity index (χ2n) is 5.61. The summed E-state index contributed by atoms with van der Waals surface area (Å²) in [5, 5.41) is 0. The Balaban J connectivity index is 4.82. The van der Waals surface area contributed by atoms with Gasteiger partial charge < -0.3 is 0 Å². The van der Waals surface area contributed by atoms with Crippen molar-refractivity contribution in [2.75, 3.05) is 5.75 Å². The quantitative estimate of drug-likeness (QED) is 0.775. The molecule has 0 saturated heterocycles. The van der Waals surface area contributed by atoms with Crippen LogP contribution in [0.1, 0.15) is 41.5 Å². The lowest BCUT2D eigenvalue weighted by Crippen LogP contribution is -2.36. The predicted octanol–water partition coefficient (Wildman–Crippen LogP) is 2.45.